The van der Waals surface area contributed by atoms with Gasteiger partial charge in [0.05, 0.1) is 4.88 Å². The summed E-state index contributed by atoms with van der Waals surface area (Å²) in [6, 6.07) is 5.57. The number of carbonyl (C=O) groups is 2. The Morgan fingerprint density at radius 1 is 1.21 bits per heavy atom. The van der Waals surface area contributed by atoms with Crippen LogP contribution in [-0.2, 0) is 11.3 Å². The van der Waals surface area contributed by atoms with E-state index in [1.807, 2.05) is 22.4 Å². The van der Waals surface area contributed by atoms with Crippen LogP contribution in [0.25, 0.3) is 0 Å². The highest BCUT2D eigenvalue weighted by atomic mass is 32.1. The molecule has 1 aliphatic rings. The second-order valence-corrected chi connectivity index (χ2v) is 6.61. The first-order valence-electron chi connectivity index (χ1n) is 8.01. The van der Waals surface area contributed by atoms with Crippen molar-refractivity contribution >= 4 is 23.2 Å². The Kier molecular flexibility index (Phi) is 5.60. The molecule has 2 aromatic rings. The number of aromatic nitrogens is 2. The Hall–Kier alpha value is -2.19. The van der Waals surface area contributed by atoms with Crippen molar-refractivity contribution in [2.75, 3.05) is 39.3 Å². The van der Waals surface area contributed by atoms with Crippen LogP contribution >= 0.6 is 11.3 Å². The molecule has 0 atom stereocenters. The first-order valence-corrected chi connectivity index (χ1v) is 8.89. The van der Waals surface area contributed by atoms with Crippen molar-refractivity contribution < 1.29 is 9.59 Å². The summed E-state index contributed by atoms with van der Waals surface area (Å²) in [7, 11) is 0. The second-order valence-electron chi connectivity index (χ2n) is 5.66. The van der Waals surface area contributed by atoms with E-state index in [0.29, 0.717) is 6.54 Å². The maximum Gasteiger partial charge on any atom is 0.264 e. The molecule has 0 aliphatic carbocycles. The predicted molar refractivity (Wildman–Crippen MR) is 91.9 cm³/mol. The molecule has 3 rings (SSSR count). The first kappa shape index (κ1) is 16.7. The van der Waals surface area contributed by atoms with Gasteiger partial charge in [0.15, 0.2) is 0 Å². The molecular formula is C16H21N5O2S. The van der Waals surface area contributed by atoms with E-state index in [2.05, 4.69) is 15.3 Å². The van der Waals surface area contributed by atoms with Crippen molar-refractivity contribution in [3.05, 3.63) is 40.8 Å². The fourth-order valence-corrected chi connectivity index (χ4v) is 3.37. The van der Waals surface area contributed by atoms with E-state index in [4.69, 9.17) is 0 Å². The molecule has 0 saturated carbocycles. The minimum absolute atomic E-state index is 0.0368. The summed E-state index contributed by atoms with van der Waals surface area (Å²) in [4.78, 5) is 29.0. The van der Waals surface area contributed by atoms with Crippen molar-refractivity contribution in [1.29, 1.82) is 0 Å². The molecule has 1 fully saturated rings. The number of thiophene rings is 1. The predicted octanol–water partition coefficient (Wildman–Crippen LogP) is 0.519. The minimum atomic E-state index is -0.0368. The van der Waals surface area contributed by atoms with E-state index >= 15 is 0 Å². The summed E-state index contributed by atoms with van der Waals surface area (Å²) in [5, 5.41) is 8.84. The molecule has 1 aliphatic heterocycles. The number of nitrogens with one attached hydrogen (secondary N) is 1. The van der Waals surface area contributed by atoms with E-state index in [1.54, 1.807) is 23.1 Å². The van der Waals surface area contributed by atoms with Crippen LogP contribution in [0.5, 0.6) is 0 Å². The standard InChI is InChI=1S/C16H21N5O2S/c22-15(13-21-6-2-4-18-21)17-5-7-19-8-10-20(11-9-19)16(23)14-3-1-12-24-14/h1-4,6,12H,5,7-11,13H2,(H,17,22). The van der Waals surface area contributed by atoms with E-state index < -0.39 is 0 Å². The first-order chi connectivity index (χ1) is 11.7. The molecule has 3 heterocycles. The van der Waals surface area contributed by atoms with Crippen molar-refractivity contribution in [1.82, 2.24) is 24.9 Å². The third-order valence-electron chi connectivity index (χ3n) is 4.01. The molecule has 2 aromatic heterocycles. The monoisotopic (exact) mass is 347 g/mol. The zero-order valence-corrected chi connectivity index (χ0v) is 14.2. The largest absolute Gasteiger partial charge is 0.353 e. The Balaban J connectivity index is 1.34. The topological polar surface area (TPSA) is 70.5 Å². The van der Waals surface area contributed by atoms with Crippen LogP contribution in [-0.4, -0.2) is 70.7 Å². The lowest BCUT2D eigenvalue weighted by Crippen LogP contribution is -2.50. The van der Waals surface area contributed by atoms with E-state index in [-0.39, 0.29) is 18.4 Å². The zero-order valence-electron chi connectivity index (χ0n) is 13.4. The Morgan fingerprint density at radius 3 is 2.71 bits per heavy atom. The fourth-order valence-electron chi connectivity index (χ4n) is 2.68. The fraction of sp³-hybridized carbons (Fsp3) is 0.438. The van der Waals surface area contributed by atoms with Gasteiger partial charge < -0.3 is 10.2 Å². The highest BCUT2D eigenvalue weighted by Crippen LogP contribution is 2.13. The summed E-state index contributed by atoms with van der Waals surface area (Å²) in [5.41, 5.74) is 0. The van der Waals surface area contributed by atoms with Crippen molar-refractivity contribution in [3.8, 4) is 0 Å². The van der Waals surface area contributed by atoms with Crippen LogP contribution in [0.15, 0.2) is 36.0 Å². The summed E-state index contributed by atoms with van der Waals surface area (Å²) in [6.45, 7) is 4.80. The number of piperazine rings is 1. The third-order valence-corrected chi connectivity index (χ3v) is 4.86. The van der Waals surface area contributed by atoms with Gasteiger partial charge in [0.2, 0.25) is 5.91 Å². The van der Waals surface area contributed by atoms with Crippen molar-refractivity contribution in [2.24, 2.45) is 0 Å². The SMILES string of the molecule is O=C(Cn1cccn1)NCCN1CCN(C(=O)c2cccs2)CC1. The molecule has 1 saturated heterocycles. The van der Waals surface area contributed by atoms with Gasteiger partial charge >= 0.3 is 0 Å². The molecule has 0 unspecified atom stereocenters. The number of amides is 2. The molecule has 0 aromatic carbocycles. The van der Waals surface area contributed by atoms with Crippen molar-refractivity contribution in [3.63, 3.8) is 0 Å². The normalized spacial score (nSPS) is 15.4. The molecule has 0 bridgehead atoms. The Morgan fingerprint density at radius 2 is 2.04 bits per heavy atom. The van der Waals surface area contributed by atoms with Gasteiger partial charge in [-0.2, -0.15) is 5.10 Å². The van der Waals surface area contributed by atoms with Gasteiger partial charge in [-0.15, -0.1) is 11.3 Å². The molecule has 24 heavy (non-hydrogen) atoms. The van der Waals surface area contributed by atoms with Crippen LogP contribution in [0.4, 0.5) is 0 Å². The molecule has 7 nitrogen and oxygen atoms in total. The Labute approximate surface area is 144 Å². The van der Waals surface area contributed by atoms with Crippen LogP contribution in [0.2, 0.25) is 0 Å². The van der Waals surface area contributed by atoms with Gasteiger partial charge in [-0.25, -0.2) is 0 Å². The maximum absolute atomic E-state index is 12.3. The summed E-state index contributed by atoms with van der Waals surface area (Å²) in [6.07, 6.45) is 3.42. The van der Waals surface area contributed by atoms with Gasteiger partial charge in [0, 0.05) is 51.7 Å². The lowest BCUT2D eigenvalue weighted by atomic mass is 10.3. The molecule has 128 valence electrons. The molecule has 0 radical (unpaired) electrons. The molecule has 8 heteroatoms. The highest BCUT2D eigenvalue weighted by Gasteiger charge is 2.22. The van der Waals surface area contributed by atoms with Crippen LogP contribution in [0.1, 0.15) is 9.67 Å². The lowest BCUT2D eigenvalue weighted by Gasteiger charge is -2.34. The number of rotatable bonds is 6. The number of hydrogen-bond acceptors (Lipinski definition) is 5. The molecule has 2 amide bonds. The number of carbonyl (C=O) groups excluding carboxylic acids is 2. The van der Waals surface area contributed by atoms with Crippen LogP contribution in [0, 0.1) is 0 Å². The number of nitrogens with zero attached hydrogens (tertiary/aromatic N) is 4. The van der Waals surface area contributed by atoms with Crippen molar-refractivity contribution in [2.45, 2.75) is 6.54 Å². The minimum Gasteiger partial charge on any atom is -0.353 e. The average molecular weight is 347 g/mol. The number of hydrogen-bond donors (Lipinski definition) is 1. The molecular weight excluding hydrogens is 326 g/mol. The van der Waals surface area contributed by atoms with E-state index in [0.717, 1.165) is 37.6 Å². The van der Waals surface area contributed by atoms with Crippen LogP contribution < -0.4 is 5.32 Å². The van der Waals surface area contributed by atoms with E-state index in [1.165, 1.54) is 11.3 Å². The third kappa shape index (κ3) is 4.42. The summed E-state index contributed by atoms with van der Waals surface area (Å²) >= 11 is 1.48. The molecule has 0 spiro atoms. The van der Waals surface area contributed by atoms with Gasteiger partial charge in [0.1, 0.15) is 6.54 Å². The van der Waals surface area contributed by atoms with Gasteiger partial charge in [-0.05, 0) is 17.5 Å². The highest BCUT2D eigenvalue weighted by molar-refractivity contribution is 7.12. The van der Waals surface area contributed by atoms with Gasteiger partial charge in [-0.3, -0.25) is 19.2 Å². The van der Waals surface area contributed by atoms with E-state index in [9.17, 15) is 9.59 Å². The van der Waals surface area contributed by atoms with Gasteiger partial charge in [-0.1, -0.05) is 6.07 Å². The average Bonchev–Trinajstić information content (AvgIpc) is 3.28. The molecule has 1 N–H and O–H groups in total. The zero-order chi connectivity index (χ0) is 16.8. The second kappa shape index (κ2) is 8.07. The lowest BCUT2D eigenvalue weighted by molar-refractivity contribution is -0.121. The summed E-state index contributed by atoms with van der Waals surface area (Å²) < 4.78 is 1.60. The maximum atomic E-state index is 12.3. The van der Waals surface area contributed by atoms with Crippen LogP contribution in [0.3, 0.4) is 0 Å². The quantitative estimate of drug-likeness (QED) is 0.827. The smallest absolute Gasteiger partial charge is 0.264 e. The Bertz CT molecular complexity index is 648. The van der Waals surface area contributed by atoms with Gasteiger partial charge in [0.25, 0.3) is 5.91 Å². The summed E-state index contributed by atoms with van der Waals surface area (Å²) in [5.74, 6) is 0.0855.